The lowest BCUT2D eigenvalue weighted by atomic mass is 10.1. The van der Waals surface area contributed by atoms with Crippen molar-refractivity contribution in [2.45, 2.75) is 0 Å². The normalized spacial score (nSPS) is 11.0. The smallest absolute Gasteiger partial charge is 0.248 e. The van der Waals surface area contributed by atoms with Gasteiger partial charge < -0.3 is 30.4 Å². The molecule has 0 saturated heterocycles. The van der Waals surface area contributed by atoms with Crippen LogP contribution in [0.25, 0.3) is 18.2 Å². The van der Waals surface area contributed by atoms with E-state index in [-0.39, 0.29) is 11.7 Å². The van der Waals surface area contributed by atoms with E-state index in [4.69, 9.17) is 19.9 Å². The monoisotopic (exact) mass is 446 g/mol. The van der Waals surface area contributed by atoms with Crippen molar-refractivity contribution in [2.75, 3.05) is 32.4 Å². The van der Waals surface area contributed by atoms with Crippen LogP contribution in [0, 0.1) is 0 Å². The number of phenols is 1. The zero-order valence-corrected chi connectivity index (χ0v) is 18.7. The fourth-order valence-corrected chi connectivity index (χ4v) is 3.10. The van der Waals surface area contributed by atoms with Crippen molar-refractivity contribution in [3.8, 4) is 23.0 Å². The first-order valence-corrected chi connectivity index (χ1v) is 10.1. The van der Waals surface area contributed by atoms with Crippen molar-refractivity contribution in [3.63, 3.8) is 0 Å². The summed E-state index contributed by atoms with van der Waals surface area (Å²) in [5.74, 6) is 1.20. The van der Waals surface area contributed by atoms with Gasteiger partial charge in [0.15, 0.2) is 11.5 Å². The maximum atomic E-state index is 12.2. The highest BCUT2D eigenvalue weighted by Gasteiger charge is 2.12. The first-order valence-electron chi connectivity index (χ1n) is 10.1. The van der Waals surface area contributed by atoms with Gasteiger partial charge in [-0.2, -0.15) is 0 Å². The van der Waals surface area contributed by atoms with Crippen molar-refractivity contribution in [1.82, 2.24) is 0 Å². The Labute approximate surface area is 192 Å². The maximum Gasteiger partial charge on any atom is 0.248 e. The van der Waals surface area contributed by atoms with Crippen LogP contribution in [-0.4, -0.2) is 32.3 Å². The quantitative estimate of drug-likeness (QED) is 0.198. The molecule has 3 aromatic rings. The molecule has 0 radical (unpaired) electrons. The summed E-state index contributed by atoms with van der Waals surface area (Å²) in [5, 5.41) is 13.0. The summed E-state index contributed by atoms with van der Waals surface area (Å²) < 4.78 is 16.1. The molecule has 0 aliphatic rings. The first-order chi connectivity index (χ1) is 15.9. The molecule has 1 amide bonds. The van der Waals surface area contributed by atoms with Crippen molar-refractivity contribution >= 4 is 35.5 Å². The third kappa shape index (κ3) is 6.07. The Morgan fingerprint density at radius 3 is 2.00 bits per heavy atom. The number of methoxy groups -OCH3 is 3. The van der Waals surface area contributed by atoms with Crippen LogP contribution in [-0.2, 0) is 4.79 Å². The van der Waals surface area contributed by atoms with Crippen LogP contribution >= 0.6 is 0 Å². The molecule has 0 aromatic heterocycles. The molecule has 7 nitrogen and oxygen atoms in total. The van der Waals surface area contributed by atoms with Gasteiger partial charge >= 0.3 is 0 Å². The van der Waals surface area contributed by atoms with E-state index in [1.54, 1.807) is 57.7 Å². The number of phenolic OH excluding ortho intramolecular Hbond substituents is 1. The number of carbonyl (C=O) groups excluding carboxylic acids is 1. The molecule has 3 aromatic carbocycles. The van der Waals surface area contributed by atoms with E-state index >= 15 is 0 Å². The molecule has 0 atom stereocenters. The molecule has 0 fully saturated rings. The lowest BCUT2D eigenvalue weighted by molar-refractivity contribution is -0.111. The van der Waals surface area contributed by atoms with Gasteiger partial charge in [0.1, 0.15) is 5.75 Å². The lowest BCUT2D eigenvalue weighted by Gasteiger charge is -2.12. The number of benzene rings is 3. The van der Waals surface area contributed by atoms with E-state index in [9.17, 15) is 9.90 Å². The van der Waals surface area contributed by atoms with Crippen LogP contribution in [0.3, 0.4) is 0 Å². The zero-order chi connectivity index (χ0) is 23.8. The third-order valence-electron chi connectivity index (χ3n) is 4.80. The summed E-state index contributed by atoms with van der Waals surface area (Å²) in [6.45, 7) is 0. The molecule has 0 heterocycles. The Bertz CT molecular complexity index is 1160. The van der Waals surface area contributed by atoms with Gasteiger partial charge in [-0.25, -0.2) is 0 Å². The number of hydrogen-bond acceptors (Lipinski definition) is 6. The Morgan fingerprint density at radius 2 is 1.42 bits per heavy atom. The van der Waals surface area contributed by atoms with Crippen LogP contribution in [0.2, 0.25) is 0 Å². The van der Waals surface area contributed by atoms with Crippen LogP contribution in [0.1, 0.15) is 16.7 Å². The minimum atomic E-state index is -0.358. The Balaban J connectivity index is 1.71. The molecule has 170 valence electrons. The molecule has 33 heavy (non-hydrogen) atoms. The number of anilines is 2. The standard InChI is InChI=1S/C26H26N2O5/c1-31-23-15-19(16-24(32-2)26(23)33-3)5-4-18-8-12-21(22(29)14-18)28-25(30)13-9-17-6-10-20(27)11-7-17/h4-16,29H,27H2,1-3H3,(H,28,30)/b5-4?,13-9+. The van der Waals surface area contributed by atoms with Crippen LogP contribution < -0.4 is 25.3 Å². The second-order valence-corrected chi connectivity index (χ2v) is 7.06. The van der Waals surface area contributed by atoms with Crippen molar-refractivity contribution < 1.29 is 24.1 Å². The summed E-state index contributed by atoms with van der Waals surface area (Å²) in [6.07, 6.45) is 6.74. The largest absolute Gasteiger partial charge is 0.506 e. The Kier molecular flexibility index (Phi) is 7.60. The summed E-state index contributed by atoms with van der Waals surface area (Å²) >= 11 is 0. The number of nitrogen functional groups attached to an aromatic ring is 1. The highest BCUT2D eigenvalue weighted by atomic mass is 16.5. The fourth-order valence-electron chi connectivity index (χ4n) is 3.10. The number of ether oxygens (including phenoxy) is 3. The van der Waals surface area contributed by atoms with E-state index in [1.165, 1.54) is 6.08 Å². The molecule has 7 heteroatoms. The van der Waals surface area contributed by atoms with E-state index < -0.39 is 0 Å². The highest BCUT2D eigenvalue weighted by Crippen LogP contribution is 2.38. The van der Waals surface area contributed by atoms with Crippen LogP contribution in [0.15, 0.2) is 60.7 Å². The predicted molar refractivity (Wildman–Crippen MR) is 132 cm³/mol. The molecule has 3 rings (SSSR count). The number of hydrogen-bond donors (Lipinski definition) is 3. The molecule has 0 unspecified atom stereocenters. The Morgan fingerprint density at radius 1 is 0.818 bits per heavy atom. The average Bonchev–Trinajstić information content (AvgIpc) is 2.83. The van der Waals surface area contributed by atoms with Gasteiger partial charge in [0.25, 0.3) is 0 Å². The first kappa shape index (κ1) is 23.3. The van der Waals surface area contributed by atoms with Crippen molar-refractivity contribution in [1.29, 1.82) is 0 Å². The molecule has 0 aliphatic carbocycles. The number of aromatic hydroxyl groups is 1. The summed E-state index contributed by atoms with van der Waals surface area (Å²) in [6, 6.07) is 15.8. The fraction of sp³-hybridized carbons (Fsp3) is 0.115. The molecule has 0 aliphatic heterocycles. The van der Waals surface area contributed by atoms with Gasteiger partial charge in [-0.3, -0.25) is 4.79 Å². The molecule has 0 spiro atoms. The minimum absolute atomic E-state index is 0.0451. The van der Waals surface area contributed by atoms with Crippen LogP contribution in [0.5, 0.6) is 23.0 Å². The van der Waals surface area contributed by atoms with Crippen LogP contribution in [0.4, 0.5) is 11.4 Å². The highest BCUT2D eigenvalue weighted by molar-refractivity contribution is 6.02. The van der Waals surface area contributed by atoms with E-state index in [2.05, 4.69) is 5.32 Å². The van der Waals surface area contributed by atoms with Gasteiger partial charge in [-0.1, -0.05) is 30.4 Å². The maximum absolute atomic E-state index is 12.2. The number of nitrogens with one attached hydrogen (secondary N) is 1. The van der Waals surface area contributed by atoms with Gasteiger partial charge in [-0.15, -0.1) is 0 Å². The SMILES string of the molecule is COc1cc(C=Cc2ccc(NC(=O)/C=C/c3ccc(N)cc3)c(O)c2)cc(OC)c1OC. The van der Waals surface area contributed by atoms with Gasteiger partial charge in [-0.05, 0) is 59.2 Å². The molecule has 4 N–H and O–H groups in total. The lowest BCUT2D eigenvalue weighted by Crippen LogP contribution is -2.07. The van der Waals surface area contributed by atoms with E-state index in [0.717, 1.165) is 16.7 Å². The van der Waals surface area contributed by atoms with E-state index in [0.29, 0.717) is 28.6 Å². The van der Waals surface area contributed by atoms with Gasteiger partial charge in [0.2, 0.25) is 11.7 Å². The summed E-state index contributed by atoms with van der Waals surface area (Å²) in [5.41, 5.74) is 9.04. The Hall–Kier alpha value is -4.39. The molecule has 0 saturated carbocycles. The van der Waals surface area contributed by atoms with E-state index in [1.807, 2.05) is 36.4 Å². The molecular weight excluding hydrogens is 420 g/mol. The number of amides is 1. The van der Waals surface area contributed by atoms with Crippen molar-refractivity contribution in [2.24, 2.45) is 0 Å². The van der Waals surface area contributed by atoms with Gasteiger partial charge in [0, 0.05) is 11.8 Å². The topological polar surface area (TPSA) is 103 Å². The van der Waals surface area contributed by atoms with Crippen molar-refractivity contribution in [3.05, 3.63) is 77.4 Å². The predicted octanol–water partition coefficient (Wildman–Crippen LogP) is 4.82. The van der Waals surface area contributed by atoms with Gasteiger partial charge in [0.05, 0.1) is 27.0 Å². The number of nitrogens with two attached hydrogens (primary N) is 1. The number of rotatable bonds is 8. The molecule has 0 bridgehead atoms. The summed E-state index contributed by atoms with van der Waals surface area (Å²) in [7, 11) is 4.66. The molecular formula is C26H26N2O5. The third-order valence-corrected chi connectivity index (χ3v) is 4.80. The zero-order valence-electron chi connectivity index (χ0n) is 18.7. The summed E-state index contributed by atoms with van der Waals surface area (Å²) in [4.78, 5) is 12.2. The minimum Gasteiger partial charge on any atom is -0.506 e. The average molecular weight is 447 g/mol. The second-order valence-electron chi connectivity index (χ2n) is 7.06. The number of carbonyl (C=O) groups is 1. The second kappa shape index (κ2) is 10.8.